The van der Waals surface area contributed by atoms with Gasteiger partial charge < -0.3 is 5.32 Å². The molecule has 1 N–H and O–H groups in total. The van der Waals surface area contributed by atoms with E-state index >= 15 is 0 Å². The van der Waals surface area contributed by atoms with Gasteiger partial charge in [-0.05, 0) is 48.7 Å². The van der Waals surface area contributed by atoms with Crippen molar-refractivity contribution >= 4 is 22.4 Å². The molecule has 0 unspecified atom stereocenters. The fourth-order valence-electron chi connectivity index (χ4n) is 2.54. The minimum atomic E-state index is -1.09. The first-order chi connectivity index (χ1) is 10.5. The highest BCUT2D eigenvalue weighted by Crippen LogP contribution is 2.49. The lowest BCUT2D eigenvalue weighted by molar-refractivity contribution is -0.118. The molecule has 0 radical (unpaired) electrons. The first-order valence-corrected chi connectivity index (χ1v) is 8.58. The van der Waals surface area contributed by atoms with Gasteiger partial charge in [0.05, 0.1) is 5.41 Å². The Hall–Kier alpha value is -2.01. The second-order valence-corrected chi connectivity index (χ2v) is 6.90. The summed E-state index contributed by atoms with van der Waals surface area (Å²) in [5.41, 5.74) is 0.905. The fraction of sp³-hybridized carbons (Fsp3) is 0.235. The molecule has 3 rings (SSSR count). The van der Waals surface area contributed by atoms with Crippen LogP contribution in [0.25, 0.3) is 0 Å². The third-order valence-electron chi connectivity index (χ3n) is 4.01. The van der Waals surface area contributed by atoms with Crippen LogP contribution >= 0.6 is 0 Å². The Morgan fingerprint density at radius 3 is 2.45 bits per heavy atom. The van der Waals surface area contributed by atoms with Crippen LogP contribution in [0, 0.1) is 5.82 Å². The first-order valence-electron chi connectivity index (χ1n) is 7.02. The van der Waals surface area contributed by atoms with E-state index in [1.807, 2.05) is 0 Å². The van der Waals surface area contributed by atoms with Crippen LogP contribution in [0.4, 0.5) is 10.1 Å². The van der Waals surface area contributed by atoms with Gasteiger partial charge in [-0.25, -0.2) is 4.39 Å². The van der Waals surface area contributed by atoms with Crippen LogP contribution in [0.3, 0.4) is 0 Å². The maximum atomic E-state index is 13.0. The van der Waals surface area contributed by atoms with Crippen molar-refractivity contribution in [2.45, 2.75) is 23.2 Å². The molecule has 5 heteroatoms. The summed E-state index contributed by atoms with van der Waals surface area (Å²) in [5.74, 6) is -0.406. The Balaban J connectivity index is 1.81. The maximum absolute atomic E-state index is 13.0. The number of benzene rings is 2. The van der Waals surface area contributed by atoms with E-state index in [-0.39, 0.29) is 11.7 Å². The van der Waals surface area contributed by atoms with Gasteiger partial charge in [0.1, 0.15) is 5.82 Å². The molecular formula is C17H16FNO2S. The van der Waals surface area contributed by atoms with Gasteiger partial charge >= 0.3 is 0 Å². The second-order valence-electron chi connectivity index (χ2n) is 5.53. The lowest BCUT2D eigenvalue weighted by atomic mass is 9.95. The monoisotopic (exact) mass is 317 g/mol. The van der Waals surface area contributed by atoms with Crippen LogP contribution in [0.2, 0.25) is 0 Å². The molecule has 3 nitrogen and oxygen atoms in total. The zero-order chi connectivity index (χ0) is 15.7. The molecule has 2 aromatic rings. The van der Waals surface area contributed by atoms with Crippen molar-refractivity contribution in [3.05, 3.63) is 59.9 Å². The minimum Gasteiger partial charge on any atom is -0.325 e. The van der Waals surface area contributed by atoms with Crippen molar-refractivity contribution < 1.29 is 13.4 Å². The highest BCUT2D eigenvalue weighted by atomic mass is 32.2. The third kappa shape index (κ3) is 2.81. The van der Waals surface area contributed by atoms with Gasteiger partial charge in [0.25, 0.3) is 0 Å². The molecule has 1 fully saturated rings. The number of rotatable bonds is 4. The summed E-state index contributed by atoms with van der Waals surface area (Å²) in [4.78, 5) is 13.3. The van der Waals surface area contributed by atoms with Gasteiger partial charge in [0.2, 0.25) is 5.91 Å². The predicted molar refractivity (Wildman–Crippen MR) is 84.7 cm³/mol. The number of hydrogen-bond donors (Lipinski definition) is 1. The molecule has 0 saturated heterocycles. The molecule has 1 atom stereocenters. The number of halogens is 1. The molecule has 22 heavy (non-hydrogen) atoms. The van der Waals surface area contributed by atoms with Gasteiger partial charge in [-0.2, -0.15) is 0 Å². The summed E-state index contributed by atoms with van der Waals surface area (Å²) in [6.45, 7) is 0. The van der Waals surface area contributed by atoms with Crippen molar-refractivity contribution in [1.29, 1.82) is 0 Å². The van der Waals surface area contributed by atoms with Crippen molar-refractivity contribution in [2.75, 3.05) is 11.6 Å². The smallest absolute Gasteiger partial charge is 0.235 e. The third-order valence-corrected chi connectivity index (χ3v) is 4.92. The highest BCUT2D eigenvalue weighted by molar-refractivity contribution is 7.84. The molecule has 0 bridgehead atoms. The maximum Gasteiger partial charge on any atom is 0.235 e. The number of nitrogens with one attached hydrogen (secondary N) is 1. The molecule has 114 valence electrons. The standard InChI is InChI=1S/C17H16FNO2S/c1-22(21)15-4-2-3-14(11-15)19-16(20)17(9-10-17)12-5-7-13(18)8-6-12/h2-8,11H,9-10H2,1H3,(H,19,20)/t22-/m0/s1. The summed E-state index contributed by atoms with van der Waals surface area (Å²) in [7, 11) is -1.09. The van der Waals surface area contributed by atoms with Crippen LogP contribution in [0.15, 0.2) is 53.4 Å². The van der Waals surface area contributed by atoms with E-state index in [0.717, 1.165) is 18.4 Å². The van der Waals surface area contributed by atoms with Crippen LogP contribution < -0.4 is 5.32 Å². The van der Waals surface area contributed by atoms with E-state index in [2.05, 4.69) is 5.32 Å². The first kappa shape index (κ1) is 14.9. The van der Waals surface area contributed by atoms with Crippen molar-refractivity contribution in [2.24, 2.45) is 0 Å². The molecule has 1 saturated carbocycles. The lowest BCUT2D eigenvalue weighted by Crippen LogP contribution is -2.27. The number of hydrogen-bond acceptors (Lipinski definition) is 2. The molecule has 0 aliphatic heterocycles. The van der Waals surface area contributed by atoms with Crippen LogP contribution in [0.1, 0.15) is 18.4 Å². The van der Waals surface area contributed by atoms with Gasteiger partial charge in [-0.15, -0.1) is 0 Å². The molecule has 0 heterocycles. The molecule has 0 aromatic heterocycles. The second kappa shape index (κ2) is 5.65. The zero-order valence-electron chi connectivity index (χ0n) is 12.1. The molecule has 1 amide bonds. The Morgan fingerprint density at radius 2 is 1.86 bits per heavy atom. The molecule has 1 aliphatic rings. The summed E-state index contributed by atoms with van der Waals surface area (Å²) in [6.07, 6.45) is 3.11. The average molecular weight is 317 g/mol. The SMILES string of the molecule is C[S@](=O)c1cccc(NC(=O)C2(c3ccc(F)cc3)CC2)c1. The van der Waals surface area contributed by atoms with Gasteiger partial charge in [-0.3, -0.25) is 9.00 Å². The number of anilines is 1. The minimum absolute atomic E-state index is 0.0989. The summed E-state index contributed by atoms with van der Waals surface area (Å²) in [5, 5.41) is 2.89. The van der Waals surface area contributed by atoms with Gasteiger partial charge in [-0.1, -0.05) is 18.2 Å². The molecule has 1 aliphatic carbocycles. The summed E-state index contributed by atoms with van der Waals surface area (Å²) < 4.78 is 24.5. The van der Waals surface area contributed by atoms with E-state index < -0.39 is 16.2 Å². The molecule has 0 spiro atoms. The molecule has 2 aromatic carbocycles. The van der Waals surface area contributed by atoms with E-state index in [1.54, 1.807) is 42.7 Å². The van der Waals surface area contributed by atoms with Gasteiger partial charge in [0.15, 0.2) is 0 Å². The van der Waals surface area contributed by atoms with Crippen LogP contribution in [-0.2, 0) is 21.0 Å². The number of carbonyl (C=O) groups is 1. The van der Waals surface area contributed by atoms with Crippen molar-refractivity contribution in [1.82, 2.24) is 0 Å². The lowest BCUT2D eigenvalue weighted by Gasteiger charge is -2.16. The van der Waals surface area contributed by atoms with Crippen molar-refractivity contribution in [3.8, 4) is 0 Å². The highest BCUT2D eigenvalue weighted by Gasteiger charge is 2.51. The van der Waals surface area contributed by atoms with Crippen LogP contribution in [0.5, 0.6) is 0 Å². The Morgan fingerprint density at radius 1 is 1.18 bits per heavy atom. The van der Waals surface area contributed by atoms with E-state index in [0.29, 0.717) is 10.6 Å². The summed E-state index contributed by atoms with van der Waals surface area (Å²) in [6, 6.07) is 13.1. The summed E-state index contributed by atoms with van der Waals surface area (Å²) >= 11 is 0. The van der Waals surface area contributed by atoms with E-state index in [9.17, 15) is 13.4 Å². The topological polar surface area (TPSA) is 46.2 Å². The fourth-order valence-corrected chi connectivity index (χ4v) is 3.11. The Labute approximate surface area is 131 Å². The van der Waals surface area contributed by atoms with E-state index in [4.69, 9.17) is 0 Å². The average Bonchev–Trinajstić information content (AvgIpc) is 3.30. The largest absolute Gasteiger partial charge is 0.325 e. The predicted octanol–water partition coefficient (Wildman–Crippen LogP) is 3.23. The molecular weight excluding hydrogens is 301 g/mol. The quantitative estimate of drug-likeness (QED) is 0.941. The Kier molecular flexibility index (Phi) is 3.83. The number of amides is 1. The Bertz CT molecular complexity index is 739. The zero-order valence-corrected chi connectivity index (χ0v) is 13.0. The van der Waals surface area contributed by atoms with Crippen molar-refractivity contribution in [3.63, 3.8) is 0 Å². The van der Waals surface area contributed by atoms with Gasteiger partial charge in [0, 0.05) is 27.6 Å². The van der Waals surface area contributed by atoms with Crippen LogP contribution in [-0.4, -0.2) is 16.4 Å². The number of carbonyl (C=O) groups excluding carboxylic acids is 1. The van der Waals surface area contributed by atoms with E-state index in [1.165, 1.54) is 12.1 Å². The normalized spacial score (nSPS) is 16.8.